The average molecular weight is 441 g/mol. The summed E-state index contributed by atoms with van der Waals surface area (Å²) in [5, 5.41) is 0. The van der Waals surface area contributed by atoms with Crippen LogP contribution >= 0.6 is 0 Å². The van der Waals surface area contributed by atoms with Crippen LogP contribution in [0.4, 0.5) is 52.7 Å². The zero-order chi connectivity index (χ0) is 20.5. The van der Waals surface area contributed by atoms with Gasteiger partial charge < -0.3 is 6.15 Å². The van der Waals surface area contributed by atoms with E-state index in [4.69, 9.17) is 4.55 Å². The minimum atomic E-state index is -6.71. The summed E-state index contributed by atoms with van der Waals surface area (Å²) in [5.74, 6) is -13.4. The van der Waals surface area contributed by atoms with Gasteiger partial charge in [0.05, 0.1) is 0 Å². The molecule has 4 N–H and O–H groups in total. The molecule has 0 aromatic rings. The molecule has 17 heteroatoms. The van der Waals surface area contributed by atoms with Gasteiger partial charge in [-0.15, -0.1) is 0 Å². The molecule has 0 aromatic heterocycles. The van der Waals surface area contributed by atoms with Crippen molar-refractivity contribution in [3.8, 4) is 0 Å². The van der Waals surface area contributed by atoms with Gasteiger partial charge in [0.15, 0.2) is 24.7 Å². The molecular formula is C9H11F12NO3S. The third kappa shape index (κ3) is 5.28. The van der Waals surface area contributed by atoms with E-state index in [-0.39, 0.29) is 6.15 Å². The molecular weight excluding hydrogens is 430 g/mol. The van der Waals surface area contributed by atoms with Gasteiger partial charge in [-0.3, -0.25) is 4.55 Å². The van der Waals surface area contributed by atoms with Crippen molar-refractivity contribution >= 4 is 10.1 Å². The molecule has 0 heterocycles. The van der Waals surface area contributed by atoms with Crippen LogP contribution in [0, 0.1) is 0 Å². The van der Waals surface area contributed by atoms with Gasteiger partial charge in [0.2, 0.25) is 6.17 Å². The Balaban J connectivity index is 0. The molecule has 6 atom stereocenters. The van der Waals surface area contributed by atoms with Gasteiger partial charge in [-0.2, -0.15) is 26.0 Å². The molecule has 0 radical (unpaired) electrons. The van der Waals surface area contributed by atoms with Gasteiger partial charge in [0, 0.05) is 0 Å². The maximum absolute atomic E-state index is 13.1. The van der Waals surface area contributed by atoms with Gasteiger partial charge in [-0.1, -0.05) is 0 Å². The Labute approximate surface area is 137 Å². The van der Waals surface area contributed by atoms with Gasteiger partial charge in [-0.05, 0) is 0 Å². The predicted octanol–water partition coefficient (Wildman–Crippen LogP) is 3.56. The summed E-state index contributed by atoms with van der Waals surface area (Å²) in [5.41, 5.74) is -5.20. The van der Waals surface area contributed by atoms with Crippen molar-refractivity contribution in [3.05, 3.63) is 0 Å². The first kappa shape index (κ1) is 27.3. The van der Waals surface area contributed by atoms with E-state index in [2.05, 4.69) is 0 Å². The van der Waals surface area contributed by atoms with Gasteiger partial charge in [-0.25, -0.2) is 35.1 Å². The fraction of sp³-hybridized carbons (Fsp3) is 1.00. The number of alkyl halides is 12. The highest BCUT2D eigenvalue weighted by Crippen LogP contribution is 2.45. The number of rotatable bonds is 9. The third-order valence-corrected chi connectivity index (χ3v) is 3.59. The molecule has 4 nitrogen and oxygen atoms in total. The SMILES string of the molecule is N.O=S(=O)(O)C(F)C(F)(F)C(F)(F)C(F)C(F)C(F)C(F)C(F)C(F)F. The van der Waals surface area contributed by atoms with Crippen LogP contribution in [-0.4, -0.2) is 67.6 Å². The van der Waals surface area contributed by atoms with Crippen molar-refractivity contribution in [1.29, 1.82) is 0 Å². The van der Waals surface area contributed by atoms with Gasteiger partial charge >= 0.3 is 22.0 Å². The van der Waals surface area contributed by atoms with E-state index in [1.54, 1.807) is 0 Å². The maximum atomic E-state index is 13.1. The first-order valence-corrected chi connectivity index (χ1v) is 7.25. The van der Waals surface area contributed by atoms with Crippen LogP contribution in [0.5, 0.6) is 0 Å². The van der Waals surface area contributed by atoms with Crippen molar-refractivity contribution in [3.63, 3.8) is 0 Å². The molecule has 0 aromatic carbocycles. The zero-order valence-electron chi connectivity index (χ0n) is 12.0. The summed E-state index contributed by atoms with van der Waals surface area (Å²) in [4.78, 5) is 0. The lowest BCUT2D eigenvalue weighted by molar-refractivity contribution is -0.264. The zero-order valence-corrected chi connectivity index (χ0v) is 12.8. The minimum absolute atomic E-state index is 0. The molecule has 0 fully saturated rings. The van der Waals surface area contributed by atoms with Gasteiger partial charge in [0.1, 0.15) is 0 Å². The second kappa shape index (κ2) is 8.81. The van der Waals surface area contributed by atoms with E-state index in [0.29, 0.717) is 0 Å². The first-order chi connectivity index (χ1) is 10.9. The van der Waals surface area contributed by atoms with Gasteiger partial charge in [0.25, 0.3) is 11.9 Å². The second-order valence-corrected chi connectivity index (χ2v) is 6.03. The summed E-state index contributed by atoms with van der Waals surface area (Å²) in [7, 11) is -6.58. The summed E-state index contributed by atoms with van der Waals surface area (Å²) < 4.78 is 181. The molecule has 160 valence electrons. The Kier molecular flexibility index (Phi) is 9.24. The highest BCUT2D eigenvalue weighted by molar-refractivity contribution is 7.86. The van der Waals surface area contributed by atoms with Crippen LogP contribution in [0.3, 0.4) is 0 Å². The van der Waals surface area contributed by atoms with Crippen molar-refractivity contribution in [2.45, 2.75) is 54.6 Å². The van der Waals surface area contributed by atoms with Crippen LogP contribution in [0.15, 0.2) is 0 Å². The Hall–Kier alpha value is -0.970. The normalized spacial score (nSPS) is 20.7. The highest BCUT2D eigenvalue weighted by Gasteiger charge is 2.72. The lowest BCUT2D eigenvalue weighted by Crippen LogP contribution is -2.59. The standard InChI is InChI=1S/C9H8F12O3S.H3N/c10-1(2(11)4(13)6(15)16)3(12)5(14)8(18,19)9(20,21)7(17)25(22,23)24;/h1-7H,(H,22,23,24);1H3. The number of hydrogen-bond donors (Lipinski definition) is 2. The number of halogens is 12. The van der Waals surface area contributed by atoms with Crippen LogP contribution in [0.25, 0.3) is 0 Å². The monoisotopic (exact) mass is 441 g/mol. The van der Waals surface area contributed by atoms with Crippen LogP contribution in [0.1, 0.15) is 0 Å². The molecule has 0 aliphatic heterocycles. The Bertz CT molecular complexity index is 546. The summed E-state index contributed by atoms with van der Waals surface area (Å²) in [6, 6.07) is 0. The smallest absolute Gasteiger partial charge is 0.344 e. The van der Waals surface area contributed by atoms with E-state index >= 15 is 0 Å². The quantitative estimate of drug-likeness (QED) is 0.423. The average Bonchev–Trinajstić information content (AvgIpc) is 2.48. The largest absolute Gasteiger partial charge is 0.360 e. The molecule has 26 heavy (non-hydrogen) atoms. The molecule has 0 rings (SSSR count). The summed E-state index contributed by atoms with van der Waals surface area (Å²) >= 11 is 0. The first-order valence-electron chi connectivity index (χ1n) is 5.75. The van der Waals surface area contributed by atoms with Crippen molar-refractivity contribution < 1.29 is 65.7 Å². The summed E-state index contributed by atoms with van der Waals surface area (Å²) in [6.07, 6.45) is -27.1. The van der Waals surface area contributed by atoms with Crippen molar-refractivity contribution in [1.82, 2.24) is 6.15 Å². The molecule has 0 saturated heterocycles. The lowest BCUT2D eigenvalue weighted by Gasteiger charge is -2.32. The maximum Gasteiger partial charge on any atom is 0.360 e. The fourth-order valence-corrected chi connectivity index (χ4v) is 1.91. The summed E-state index contributed by atoms with van der Waals surface area (Å²) in [6.45, 7) is 0. The van der Waals surface area contributed by atoms with E-state index in [0.717, 1.165) is 0 Å². The highest BCUT2D eigenvalue weighted by atomic mass is 32.2. The van der Waals surface area contributed by atoms with E-state index in [1.807, 2.05) is 0 Å². The van der Waals surface area contributed by atoms with Crippen molar-refractivity contribution in [2.24, 2.45) is 0 Å². The second-order valence-electron chi connectivity index (χ2n) is 4.59. The molecule has 0 aliphatic rings. The van der Waals surface area contributed by atoms with E-state index in [9.17, 15) is 61.1 Å². The van der Waals surface area contributed by atoms with Crippen LogP contribution in [0.2, 0.25) is 0 Å². The molecule has 0 saturated carbocycles. The van der Waals surface area contributed by atoms with Crippen LogP contribution < -0.4 is 6.15 Å². The minimum Gasteiger partial charge on any atom is -0.344 e. The van der Waals surface area contributed by atoms with Crippen molar-refractivity contribution in [2.75, 3.05) is 0 Å². The fourth-order valence-electron chi connectivity index (χ4n) is 1.37. The third-order valence-electron chi connectivity index (χ3n) is 2.77. The topological polar surface area (TPSA) is 89.4 Å². The molecule has 0 spiro atoms. The lowest BCUT2D eigenvalue weighted by atomic mass is 9.97. The number of hydrogen-bond acceptors (Lipinski definition) is 3. The Morgan fingerprint density at radius 3 is 1.31 bits per heavy atom. The molecule has 0 amide bonds. The molecule has 0 bridgehead atoms. The molecule has 0 aliphatic carbocycles. The van der Waals surface area contributed by atoms with E-state index < -0.39 is 64.8 Å². The predicted molar refractivity (Wildman–Crippen MR) is 61.8 cm³/mol. The molecule has 6 unspecified atom stereocenters. The van der Waals surface area contributed by atoms with E-state index in [1.165, 1.54) is 0 Å². The Morgan fingerprint density at radius 2 is 1.00 bits per heavy atom. The van der Waals surface area contributed by atoms with Crippen LogP contribution in [-0.2, 0) is 10.1 Å². The Morgan fingerprint density at radius 1 is 0.654 bits per heavy atom.